The Morgan fingerprint density at radius 2 is 1.79 bits per heavy atom. The van der Waals surface area contributed by atoms with E-state index >= 15 is 0 Å². The number of halogens is 2. The summed E-state index contributed by atoms with van der Waals surface area (Å²) in [6.45, 7) is 1.93. The Labute approximate surface area is 142 Å². The summed E-state index contributed by atoms with van der Waals surface area (Å²) in [6.07, 6.45) is 0.736. The molecule has 0 aliphatic carbocycles. The third-order valence-corrected chi connectivity index (χ3v) is 5.52. The molecule has 0 aromatic heterocycles. The fourth-order valence-electron chi connectivity index (χ4n) is 4.05. The van der Waals surface area contributed by atoms with Gasteiger partial charge in [0.25, 0.3) is 0 Å². The Balaban J connectivity index is 1.68. The predicted molar refractivity (Wildman–Crippen MR) is 88.2 cm³/mol. The number of hydrogen-bond donors (Lipinski definition) is 0. The van der Waals surface area contributed by atoms with E-state index in [1.807, 2.05) is 19.1 Å². The van der Waals surface area contributed by atoms with E-state index in [-0.39, 0.29) is 6.10 Å². The van der Waals surface area contributed by atoms with Gasteiger partial charge in [-0.1, -0.05) is 29.8 Å². The summed E-state index contributed by atoms with van der Waals surface area (Å²) in [5, 5.41) is 0. The van der Waals surface area contributed by atoms with Crippen LogP contribution in [0.4, 0.5) is 8.78 Å². The van der Waals surface area contributed by atoms with E-state index in [1.165, 1.54) is 0 Å². The number of hydrogen-bond acceptors (Lipinski definition) is 3. The zero-order valence-electron chi connectivity index (χ0n) is 14.3. The van der Waals surface area contributed by atoms with Gasteiger partial charge in [-0.05, 0) is 45.2 Å². The highest BCUT2D eigenvalue weighted by molar-refractivity contribution is 5.78. The SMILES string of the molecule is Cc1ccc(C(CC(F)F)C(=O)OC2CC3CCC(C2)N3C)cc1. The molecule has 0 saturated carbocycles. The summed E-state index contributed by atoms with van der Waals surface area (Å²) in [7, 11) is 2.12. The molecule has 3 rings (SSSR count). The molecule has 132 valence electrons. The summed E-state index contributed by atoms with van der Waals surface area (Å²) in [6, 6.07) is 8.10. The maximum Gasteiger partial charge on any atom is 0.313 e. The van der Waals surface area contributed by atoms with E-state index < -0.39 is 24.7 Å². The Kier molecular flexibility index (Phi) is 5.18. The van der Waals surface area contributed by atoms with Crippen LogP contribution in [0, 0.1) is 6.92 Å². The number of rotatable bonds is 5. The van der Waals surface area contributed by atoms with Crippen molar-refractivity contribution in [3.63, 3.8) is 0 Å². The number of benzene rings is 1. The van der Waals surface area contributed by atoms with Crippen LogP contribution in [0.3, 0.4) is 0 Å². The number of esters is 1. The van der Waals surface area contributed by atoms with Crippen molar-refractivity contribution in [2.75, 3.05) is 7.05 Å². The van der Waals surface area contributed by atoms with Gasteiger partial charge in [0.2, 0.25) is 6.43 Å². The molecule has 0 radical (unpaired) electrons. The van der Waals surface area contributed by atoms with Crippen molar-refractivity contribution in [3.8, 4) is 0 Å². The van der Waals surface area contributed by atoms with Crippen molar-refractivity contribution in [1.29, 1.82) is 0 Å². The van der Waals surface area contributed by atoms with Gasteiger partial charge in [-0.25, -0.2) is 8.78 Å². The van der Waals surface area contributed by atoms with E-state index in [1.54, 1.807) is 12.1 Å². The fraction of sp³-hybridized carbons (Fsp3) is 0.632. The standard InChI is InChI=1S/C19H25F2NO2/c1-12-3-5-13(6-4-12)17(11-18(20)21)19(23)24-16-9-14-7-8-15(10-16)22(14)2/h3-6,14-18H,7-11H2,1-2H3. The molecule has 3 nitrogen and oxygen atoms in total. The van der Waals surface area contributed by atoms with Crippen molar-refractivity contribution in [2.24, 2.45) is 0 Å². The Morgan fingerprint density at radius 1 is 1.21 bits per heavy atom. The first-order chi connectivity index (χ1) is 11.4. The lowest BCUT2D eigenvalue weighted by atomic mass is 9.94. The van der Waals surface area contributed by atoms with Gasteiger partial charge >= 0.3 is 5.97 Å². The average molecular weight is 337 g/mol. The maximum atomic E-state index is 13.0. The molecule has 2 saturated heterocycles. The quantitative estimate of drug-likeness (QED) is 0.763. The monoisotopic (exact) mass is 337 g/mol. The van der Waals surface area contributed by atoms with Crippen LogP contribution in [0.5, 0.6) is 0 Å². The van der Waals surface area contributed by atoms with Crippen LogP contribution in [0.25, 0.3) is 0 Å². The van der Waals surface area contributed by atoms with Crippen LogP contribution in [0.2, 0.25) is 0 Å². The van der Waals surface area contributed by atoms with E-state index in [2.05, 4.69) is 11.9 Å². The van der Waals surface area contributed by atoms with Gasteiger partial charge in [-0.3, -0.25) is 4.79 Å². The highest BCUT2D eigenvalue weighted by Gasteiger charge is 2.40. The lowest BCUT2D eigenvalue weighted by Crippen LogP contribution is -2.43. The third kappa shape index (κ3) is 3.77. The molecule has 3 unspecified atom stereocenters. The molecule has 2 aliphatic heterocycles. The lowest BCUT2D eigenvalue weighted by molar-refractivity contribution is -0.155. The number of piperidine rings is 1. The normalized spacial score (nSPS) is 28.1. The van der Waals surface area contributed by atoms with Crippen LogP contribution in [-0.2, 0) is 9.53 Å². The van der Waals surface area contributed by atoms with Crippen LogP contribution >= 0.6 is 0 Å². The summed E-state index contributed by atoms with van der Waals surface area (Å²) < 4.78 is 31.6. The Bertz CT molecular complexity index is 561. The molecule has 1 aromatic carbocycles. The summed E-state index contributed by atoms with van der Waals surface area (Å²) in [4.78, 5) is 14.9. The van der Waals surface area contributed by atoms with Crippen molar-refractivity contribution < 1.29 is 18.3 Å². The van der Waals surface area contributed by atoms with E-state index in [0.717, 1.165) is 31.2 Å². The average Bonchev–Trinajstić information content (AvgIpc) is 2.74. The summed E-state index contributed by atoms with van der Waals surface area (Å²) >= 11 is 0. The van der Waals surface area contributed by atoms with Crippen LogP contribution in [0.1, 0.15) is 49.1 Å². The summed E-state index contributed by atoms with van der Waals surface area (Å²) in [5.74, 6) is -1.39. The molecule has 2 aliphatic rings. The van der Waals surface area contributed by atoms with Gasteiger partial charge in [0.15, 0.2) is 0 Å². The minimum absolute atomic E-state index is 0.142. The third-order valence-electron chi connectivity index (χ3n) is 5.52. The van der Waals surface area contributed by atoms with E-state index in [4.69, 9.17) is 4.74 Å². The van der Waals surface area contributed by atoms with Gasteiger partial charge in [0.05, 0.1) is 5.92 Å². The topological polar surface area (TPSA) is 29.5 Å². The fourth-order valence-corrected chi connectivity index (χ4v) is 4.05. The number of nitrogens with zero attached hydrogens (tertiary/aromatic N) is 1. The molecule has 2 heterocycles. The molecule has 24 heavy (non-hydrogen) atoms. The second kappa shape index (κ2) is 7.18. The number of carbonyl (C=O) groups is 1. The highest BCUT2D eigenvalue weighted by Crippen LogP contribution is 2.36. The number of carbonyl (C=O) groups excluding carboxylic acids is 1. The molecule has 1 aromatic rings. The number of aryl methyl sites for hydroxylation is 1. The zero-order chi connectivity index (χ0) is 17.3. The van der Waals surface area contributed by atoms with Crippen molar-refractivity contribution in [2.45, 2.75) is 69.6 Å². The maximum absolute atomic E-state index is 13.0. The molecular formula is C19H25F2NO2. The predicted octanol–water partition coefficient (Wildman–Crippen LogP) is 3.90. The molecule has 5 heteroatoms. The second-order valence-electron chi connectivity index (χ2n) is 7.17. The minimum atomic E-state index is -2.53. The van der Waals surface area contributed by atoms with Gasteiger partial charge in [0.1, 0.15) is 6.10 Å². The number of fused-ring (bicyclic) bond motifs is 2. The second-order valence-corrected chi connectivity index (χ2v) is 7.17. The first-order valence-electron chi connectivity index (χ1n) is 8.71. The van der Waals surface area contributed by atoms with Crippen LogP contribution < -0.4 is 0 Å². The smallest absolute Gasteiger partial charge is 0.313 e. The minimum Gasteiger partial charge on any atom is -0.462 e. The van der Waals surface area contributed by atoms with Gasteiger partial charge in [-0.2, -0.15) is 0 Å². The largest absolute Gasteiger partial charge is 0.462 e. The zero-order valence-corrected chi connectivity index (χ0v) is 14.3. The Hall–Kier alpha value is -1.49. The van der Waals surface area contributed by atoms with Crippen molar-refractivity contribution in [3.05, 3.63) is 35.4 Å². The summed E-state index contributed by atoms with van der Waals surface area (Å²) in [5.41, 5.74) is 1.65. The number of alkyl halides is 2. The first kappa shape index (κ1) is 17.3. The van der Waals surface area contributed by atoms with Gasteiger partial charge < -0.3 is 9.64 Å². The van der Waals surface area contributed by atoms with Gasteiger partial charge in [-0.15, -0.1) is 0 Å². The molecule has 2 bridgehead atoms. The van der Waals surface area contributed by atoms with Gasteiger partial charge in [0, 0.05) is 18.5 Å². The van der Waals surface area contributed by atoms with Crippen molar-refractivity contribution >= 4 is 5.97 Å². The molecular weight excluding hydrogens is 312 g/mol. The molecule has 2 fully saturated rings. The number of ether oxygens (including phenoxy) is 1. The Morgan fingerprint density at radius 3 is 2.33 bits per heavy atom. The molecule has 0 N–H and O–H groups in total. The first-order valence-corrected chi connectivity index (χ1v) is 8.71. The van der Waals surface area contributed by atoms with Crippen LogP contribution in [0.15, 0.2) is 24.3 Å². The van der Waals surface area contributed by atoms with Crippen molar-refractivity contribution in [1.82, 2.24) is 4.90 Å². The molecule has 0 amide bonds. The lowest BCUT2D eigenvalue weighted by Gasteiger charge is -2.36. The molecule has 0 spiro atoms. The molecule has 3 atom stereocenters. The van der Waals surface area contributed by atoms with E-state index in [0.29, 0.717) is 17.6 Å². The van der Waals surface area contributed by atoms with E-state index in [9.17, 15) is 13.6 Å². The highest BCUT2D eigenvalue weighted by atomic mass is 19.3. The van der Waals surface area contributed by atoms with Crippen LogP contribution in [-0.4, -0.2) is 42.5 Å².